The van der Waals surface area contributed by atoms with Gasteiger partial charge in [-0.25, -0.2) is 9.80 Å². The maximum absolute atomic E-state index is 12.7. The highest BCUT2D eigenvalue weighted by atomic mass is 32.2. The summed E-state index contributed by atoms with van der Waals surface area (Å²) in [6.07, 6.45) is -0.758. The van der Waals surface area contributed by atoms with Crippen molar-refractivity contribution < 1.29 is 23.8 Å². The van der Waals surface area contributed by atoms with Crippen LogP contribution in [0.2, 0.25) is 0 Å². The molecule has 2 amide bonds. The molecule has 1 atom stereocenters. The van der Waals surface area contributed by atoms with Gasteiger partial charge in [-0.1, -0.05) is 23.9 Å². The standard InChI is InChI=1S/C27H35N5O5S/c1-5-31(26(33)37-25-15-28-12-13-29-25)21-9-6-19(7-10-21)16-32-27(34)38-17-22(30-32)20-8-11-23(35-4)24(14-20)36-18(2)3/h6-11,14,18,25,28-29H,5,12-13,15-17H2,1-4H3. The smallest absolute Gasteiger partial charge is 0.415 e. The van der Waals surface area contributed by atoms with E-state index in [2.05, 4.69) is 15.7 Å². The summed E-state index contributed by atoms with van der Waals surface area (Å²) in [5.74, 6) is 1.76. The highest BCUT2D eigenvalue weighted by molar-refractivity contribution is 8.14. The lowest BCUT2D eigenvalue weighted by Gasteiger charge is -2.28. The number of carbonyl (C=O) groups is 2. The first-order valence-electron chi connectivity index (χ1n) is 12.8. The minimum absolute atomic E-state index is 0.00529. The minimum Gasteiger partial charge on any atom is -0.493 e. The second-order valence-electron chi connectivity index (χ2n) is 9.13. The molecule has 0 radical (unpaired) electrons. The Kier molecular flexibility index (Phi) is 9.48. The van der Waals surface area contributed by atoms with Crippen molar-refractivity contribution in [1.29, 1.82) is 0 Å². The molecule has 2 aromatic carbocycles. The van der Waals surface area contributed by atoms with Crippen LogP contribution < -0.4 is 25.0 Å². The van der Waals surface area contributed by atoms with Crippen LogP contribution in [0, 0.1) is 0 Å². The monoisotopic (exact) mass is 541 g/mol. The number of amides is 2. The van der Waals surface area contributed by atoms with E-state index in [1.165, 1.54) is 16.8 Å². The average molecular weight is 542 g/mol. The van der Waals surface area contributed by atoms with Gasteiger partial charge in [0.05, 0.1) is 25.5 Å². The van der Waals surface area contributed by atoms with Crippen molar-refractivity contribution >= 4 is 34.5 Å². The molecule has 0 aromatic heterocycles. The van der Waals surface area contributed by atoms with E-state index in [9.17, 15) is 9.59 Å². The van der Waals surface area contributed by atoms with Crippen LogP contribution >= 0.6 is 11.8 Å². The minimum atomic E-state index is -0.404. The van der Waals surface area contributed by atoms with Gasteiger partial charge in [0.2, 0.25) is 0 Å². The second kappa shape index (κ2) is 13.0. The average Bonchev–Trinajstić information content (AvgIpc) is 2.91. The lowest BCUT2D eigenvalue weighted by atomic mass is 10.1. The van der Waals surface area contributed by atoms with Gasteiger partial charge in [-0.15, -0.1) is 0 Å². The summed E-state index contributed by atoms with van der Waals surface area (Å²) >= 11 is 1.21. The predicted octanol–water partition coefficient (Wildman–Crippen LogP) is 4.04. The van der Waals surface area contributed by atoms with Gasteiger partial charge in [-0.05, 0) is 56.7 Å². The van der Waals surface area contributed by atoms with Crippen LogP contribution in [0.25, 0.3) is 0 Å². The molecular formula is C27H35N5O5S. The number of methoxy groups -OCH3 is 1. The van der Waals surface area contributed by atoms with Gasteiger partial charge in [-0.3, -0.25) is 15.0 Å². The molecule has 2 heterocycles. The Hall–Kier alpha value is -3.28. The molecule has 2 aromatic rings. The Morgan fingerprint density at radius 1 is 1.18 bits per heavy atom. The Balaban J connectivity index is 1.45. The highest BCUT2D eigenvalue weighted by Gasteiger charge is 2.25. The van der Waals surface area contributed by atoms with Crippen molar-refractivity contribution in [3.63, 3.8) is 0 Å². The van der Waals surface area contributed by atoms with Gasteiger partial charge < -0.3 is 19.5 Å². The number of hydrogen-bond donors (Lipinski definition) is 2. The first kappa shape index (κ1) is 27.7. The normalized spacial score (nSPS) is 17.7. The van der Waals surface area contributed by atoms with Crippen LogP contribution in [-0.2, 0) is 11.3 Å². The van der Waals surface area contributed by atoms with Crippen LogP contribution in [0.3, 0.4) is 0 Å². The number of rotatable bonds is 9. The number of nitrogens with one attached hydrogen (secondary N) is 2. The third-order valence-corrected chi connectivity index (χ3v) is 6.88. The Bertz CT molecular complexity index is 1150. The van der Waals surface area contributed by atoms with Crippen LogP contribution in [0.1, 0.15) is 31.9 Å². The van der Waals surface area contributed by atoms with Crippen molar-refractivity contribution in [1.82, 2.24) is 15.6 Å². The molecule has 0 spiro atoms. The molecule has 0 saturated carbocycles. The predicted molar refractivity (Wildman–Crippen MR) is 149 cm³/mol. The number of hydrazone groups is 1. The summed E-state index contributed by atoms with van der Waals surface area (Å²) in [7, 11) is 1.61. The summed E-state index contributed by atoms with van der Waals surface area (Å²) in [6, 6.07) is 13.2. The summed E-state index contributed by atoms with van der Waals surface area (Å²) in [5, 5.41) is 12.4. The second-order valence-corrected chi connectivity index (χ2v) is 10.1. The summed E-state index contributed by atoms with van der Waals surface area (Å²) in [4.78, 5) is 27.0. The fourth-order valence-electron chi connectivity index (χ4n) is 4.13. The van der Waals surface area contributed by atoms with Crippen molar-refractivity contribution in [3.05, 3.63) is 53.6 Å². The van der Waals surface area contributed by atoms with Crippen LogP contribution in [0.5, 0.6) is 11.5 Å². The van der Waals surface area contributed by atoms with E-state index in [1.54, 1.807) is 12.0 Å². The molecule has 0 aliphatic carbocycles. The molecule has 2 aliphatic rings. The fourth-order valence-corrected chi connectivity index (χ4v) is 4.87. The molecule has 204 valence electrons. The lowest BCUT2D eigenvalue weighted by Crippen LogP contribution is -2.51. The molecule has 10 nitrogen and oxygen atoms in total. The van der Waals surface area contributed by atoms with Crippen LogP contribution in [0.4, 0.5) is 15.3 Å². The van der Waals surface area contributed by atoms with Gasteiger partial charge in [0.15, 0.2) is 17.7 Å². The summed E-state index contributed by atoms with van der Waals surface area (Å²) in [5.41, 5.74) is 3.29. The number of ether oxygens (including phenoxy) is 3. The van der Waals surface area contributed by atoms with E-state index in [4.69, 9.17) is 14.2 Å². The SMILES string of the molecule is CCN(C(=O)OC1CNCCN1)c1ccc(CN2N=C(c3ccc(OC)c(OC(C)C)c3)CSC2=O)cc1. The number of benzene rings is 2. The Morgan fingerprint density at radius 3 is 2.63 bits per heavy atom. The maximum Gasteiger partial charge on any atom is 0.415 e. The number of carbonyl (C=O) groups excluding carboxylic acids is 2. The van der Waals surface area contributed by atoms with Gasteiger partial charge in [0.25, 0.3) is 0 Å². The topological polar surface area (TPSA) is 105 Å². The van der Waals surface area contributed by atoms with Crippen molar-refractivity contribution in [2.24, 2.45) is 5.10 Å². The molecule has 38 heavy (non-hydrogen) atoms. The first-order valence-corrected chi connectivity index (χ1v) is 13.7. The number of thioether (sulfide) groups is 1. The largest absolute Gasteiger partial charge is 0.493 e. The summed E-state index contributed by atoms with van der Waals surface area (Å²) in [6.45, 7) is 8.78. The van der Waals surface area contributed by atoms with Gasteiger partial charge in [0, 0.05) is 43.2 Å². The Labute approximate surface area is 227 Å². The van der Waals surface area contributed by atoms with Crippen molar-refractivity contribution in [3.8, 4) is 11.5 Å². The van der Waals surface area contributed by atoms with E-state index in [-0.39, 0.29) is 17.6 Å². The van der Waals surface area contributed by atoms with Gasteiger partial charge in [-0.2, -0.15) is 5.10 Å². The molecule has 1 saturated heterocycles. The van der Waals surface area contributed by atoms with Crippen molar-refractivity contribution in [2.75, 3.05) is 43.9 Å². The Morgan fingerprint density at radius 2 is 1.97 bits per heavy atom. The van der Waals surface area contributed by atoms with E-state index >= 15 is 0 Å². The number of anilines is 1. The van der Waals surface area contributed by atoms with E-state index in [0.29, 0.717) is 36.9 Å². The molecule has 0 bridgehead atoms. The highest BCUT2D eigenvalue weighted by Crippen LogP contribution is 2.31. The molecule has 2 N–H and O–H groups in total. The van der Waals surface area contributed by atoms with Gasteiger partial charge >= 0.3 is 11.3 Å². The van der Waals surface area contributed by atoms with Crippen LogP contribution in [-0.4, -0.2) is 73.4 Å². The molecular weight excluding hydrogens is 506 g/mol. The quantitative estimate of drug-likeness (QED) is 0.490. The third kappa shape index (κ3) is 6.97. The number of nitrogens with zero attached hydrogens (tertiary/aromatic N) is 3. The van der Waals surface area contributed by atoms with E-state index in [1.807, 2.05) is 63.2 Å². The lowest BCUT2D eigenvalue weighted by molar-refractivity contribution is 0.0745. The molecule has 4 rings (SSSR count). The fraction of sp³-hybridized carbons (Fsp3) is 0.444. The van der Waals surface area contributed by atoms with E-state index in [0.717, 1.165) is 35.6 Å². The molecule has 11 heteroatoms. The van der Waals surface area contributed by atoms with Gasteiger partial charge in [0.1, 0.15) is 0 Å². The molecule has 1 unspecified atom stereocenters. The number of piperazine rings is 1. The third-order valence-electron chi connectivity index (χ3n) is 6.01. The zero-order chi connectivity index (χ0) is 27.1. The summed E-state index contributed by atoms with van der Waals surface area (Å²) < 4.78 is 16.9. The first-order chi connectivity index (χ1) is 18.4. The zero-order valence-corrected chi connectivity index (χ0v) is 23.0. The zero-order valence-electron chi connectivity index (χ0n) is 22.2. The molecule has 2 aliphatic heterocycles. The number of hydrogen-bond acceptors (Lipinski definition) is 9. The molecule has 1 fully saturated rings. The maximum atomic E-state index is 12.7. The van der Waals surface area contributed by atoms with E-state index < -0.39 is 6.09 Å². The van der Waals surface area contributed by atoms with Crippen molar-refractivity contribution in [2.45, 2.75) is 39.6 Å². The van der Waals surface area contributed by atoms with Crippen LogP contribution in [0.15, 0.2) is 47.6 Å².